The summed E-state index contributed by atoms with van der Waals surface area (Å²) in [5, 5.41) is 3.82. The number of alkyl halides is 3. The molecule has 0 aliphatic carbocycles. The van der Waals surface area contributed by atoms with Crippen LogP contribution in [-0.2, 0) is 6.54 Å². The fourth-order valence-corrected chi connectivity index (χ4v) is 3.06. The number of ether oxygens (including phenoxy) is 1. The molecule has 0 bridgehead atoms. The lowest BCUT2D eigenvalue weighted by Crippen LogP contribution is -2.56. The molecule has 1 aliphatic rings. The Kier molecular flexibility index (Phi) is 7.00. The molecule has 0 radical (unpaired) electrons. The van der Waals surface area contributed by atoms with Gasteiger partial charge in [0.1, 0.15) is 11.8 Å². The van der Waals surface area contributed by atoms with Crippen molar-refractivity contribution in [2.45, 2.75) is 25.7 Å². The van der Waals surface area contributed by atoms with Crippen molar-refractivity contribution in [3.05, 3.63) is 28.8 Å². The summed E-state index contributed by atoms with van der Waals surface area (Å²) < 4.78 is 43.9. The summed E-state index contributed by atoms with van der Waals surface area (Å²) in [6, 6.07) is 3.95. The van der Waals surface area contributed by atoms with Gasteiger partial charge in [0.2, 0.25) is 0 Å². The van der Waals surface area contributed by atoms with Gasteiger partial charge < -0.3 is 15.0 Å². The number of piperazine rings is 1. The summed E-state index contributed by atoms with van der Waals surface area (Å²) in [6.07, 6.45) is -4.20. The van der Waals surface area contributed by atoms with Crippen LogP contribution in [0.2, 0.25) is 5.02 Å². The number of benzene rings is 1. The smallest absolute Gasteiger partial charge is 0.403 e. The quantitative estimate of drug-likeness (QED) is 0.631. The van der Waals surface area contributed by atoms with E-state index in [2.05, 4.69) is 10.3 Å². The number of hydrogen-bond donors (Lipinski definition) is 1. The van der Waals surface area contributed by atoms with Crippen LogP contribution in [0.5, 0.6) is 5.75 Å². The molecule has 1 heterocycles. The van der Waals surface area contributed by atoms with Gasteiger partial charge in [-0.2, -0.15) is 13.2 Å². The van der Waals surface area contributed by atoms with Crippen LogP contribution in [0.3, 0.4) is 0 Å². The fourth-order valence-electron chi connectivity index (χ4n) is 2.90. The number of guanidine groups is 1. The monoisotopic (exact) mass is 392 g/mol. The first-order chi connectivity index (χ1) is 12.3. The lowest BCUT2D eigenvalue weighted by atomic mass is 10.2. The highest BCUT2D eigenvalue weighted by Crippen LogP contribution is 2.25. The van der Waals surface area contributed by atoms with Crippen molar-refractivity contribution in [1.82, 2.24) is 15.1 Å². The van der Waals surface area contributed by atoms with E-state index in [1.165, 1.54) is 11.8 Å². The summed E-state index contributed by atoms with van der Waals surface area (Å²) in [4.78, 5) is 7.65. The van der Waals surface area contributed by atoms with E-state index in [1.807, 2.05) is 11.0 Å². The van der Waals surface area contributed by atoms with Crippen molar-refractivity contribution in [3.63, 3.8) is 0 Å². The van der Waals surface area contributed by atoms with Crippen molar-refractivity contribution >= 4 is 17.6 Å². The number of methoxy groups -OCH3 is 1. The van der Waals surface area contributed by atoms with Crippen LogP contribution in [0, 0.1) is 0 Å². The lowest BCUT2D eigenvalue weighted by molar-refractivity contribution is -0.181. The SMILES string of the molecule is CN=C(NCc1ccc(Cl)cc1OC)N1CCN(C(C)C(F)(F)F)CC1. The van der Waals surface area contributed by atoms with Gasteiger partial charge in [-0.05, 0) is 19.1 Å². The van der Waals surface area contributed by atoms with Gasteiger partial charge in [0.25, 0.3) is 0 Å². The van der Waals surface area contributed by atoms with E-state index in [-0.39, 0.29) is 0 Å². The van der Waals surface area contributed by atoms with E-state index < -0.39 is 12.2 Å². The molecule has 1 aromatic carbocycles. The maximum atomic E-state index is 12.9. The third kappa shape index (κ3) is 5.17. The number of nitrogens with zero attached hydrogens (tertiary/aromatic N) is 3. The van der Waals surface area contributed by atoms with Crippen molar-refractivity contribution < 1.29 is 17.9 Å². The third-order valence-electron chi connectivity index (χ3n) is 4.53. The Morgan fingerprint density at radius 3 is 2.50 bits per heavy atom. The third-order valence-corrected chi connectivity index (χ3v) is 4.77. The van der Waals surface area contributed by atoms with Gasteiger partial charge in [0.05, 0.1) is 7.11 Å². The largest absolute Gasteiger partial charge is 0.496 e. The maximum Gasteiger partial charge on any atom is 0.403 e. The minimum Gasteiger partial charge on any atom is -0.496 e. The average molecular weight is 393 g/mol. The van der Waals surface area contributed by atoms with E-state index in [4.69, 9.17) is 16.3 Å². The summed E-state index contributed by atoms with van der Waals surface area (Å²) >= 11 is 5.96. The molecule has 0 amide bonds. The Balaban J connectivity index is 1.93. The summed E-state index contributed by atoms with van der Waals surface area (Å²) in [5.74, 6) is 1.32. The van der Waals surface area contributed by atoms with Gasteiger partial charge in [0.15, 0.2) is 5.96 Å². The molecule has 1 fully saturated rings. The zero-order valence-electron chi connectivity index (χ0n) is 15.1. The van der Waals surface area contributed by atoms with Crippen LogP contribution < -0.4 is 10.1 Å². The van der Waals surface area contributed by atoms with Gasteiger partial charge >= 0.3 is 6.18 Å². The first-order valence-electron chi connectivity index (χ1n) is 8.35. The minimum atomic E-state index is -4.20. The van der Waals surface area contributed by atoms with Crippen molar-refractivity contribution in [2.24, 2.45) is 4.99 Å². The van der Waals surface area contributed by atoms with Crippen LogP contribution in [-0.4, -0.2) is 68.3 Å². The summed E-state index contributed by atoms with van der Waals surface area (Å²) in [6.45, 7) is 3.33. The Morgan fingerprint density at radius 1 is 1.31 bits per heavy atom. The fraction of sp³-hybridized carbons (Fsp3) is 0.588. The second-order valence-corrected chi connectivity index (χ2v) is 6.53. The zero-order valence-corrected chi connectivity index (χ0v) is 15.9. The van der Waals surface area contributed by atoms with Crippen LogP contribution in [0.25, 0.3) is 0 Å². The summed E-state index contributed by atoms with van der Waals surface area (Å²) in [5.41, 5.74) is 0.919. The number of rotatable bonds is 4. The molecule has 0 saturated carbocycles. The van der Waals surface area contributed by atoms with Gasteiger partial charge in [-0.25, -0.2) is 0 Å². The molecule has 26 heavy (non-hydrogen) atoms. The first-order valence-corrected chi connectivity index (χ1v) is 8.72. The molecule has 1 atom stereocenters. The molecule has 2 rings (SSSR count). The predicted octanol–water partition coefficient (Wildman–Crippen LogP) is 2.99. The van der Waals surface area contributed by atoms with Crippen molar-refractivity contribution in [3.8, 4) is 5.75 Å². The van der Waals surface area contributed by atoms with Gasteiger partial charge in [-0.15, -0.1) is 0 Å². The Morgan fingerprint density at radius 2 is 1.96 bits per heavy atom. The molecule has 1 saturated heterocycles. The summed E-state index contributed by atoms with van der Waals surface area (Å²) in [7, 11) is 3.23. The van der Waals surface area contributed by atoms with Crippen LogP contribution >= 0.6 is 11.6 Å². The van der Waals surface area contributed by atoms with Gasteiger partial charge in [0, 0.05) is 50.4 Å². The van der Waals surface area contributed by atoms with Gasteiger partial charge in [-0.3, -0.25) is 9.89 Å². The normalized spacial score (nSPS) is 18.0. The highest BCUT2D eigenvalue weighted by atomic mass is 35.5. The number of halogens is 4. The second kappa shape index (κ2) is 8.81. The molecule has 1 aromatic rings. The minimum absolute atomic E-state index is 0.339. The molecule has 9 heteroatoms. The van der Waals surface area contributed by atoms with E-state index in [1.54, 1.807) is 26.3 Å². The first kappa shape index (κ1) is 20.6. The molecule has 146 valence electrons. The Labute approximate surface area is 156 Å². The highest BCUT2D eigenvalue weighted by Gasteiger charge is 2.41. The van der Waals surface area contributed by atoms with Crippen LogP contribution in [0.4, 0.5) is 13.2 Å². The van der Waals surface area contributed by atoms with E-state index >= 15 is 0 Å². The maximum absolute atomic E-state index is 12.9. The Hall–Kier alpha value is -1.67. The molecule has 0 aromatic heterocycles. The van der Waals surface area contributed by atoms with E-state index in [0.717, 1.165) is 5.56 Å². The molecule has 1 aliphatic heterocycles. The van der Waals surface area contributed by atoms with Crippen LogP contribution in [0.15, 0.2) is 23.2 Å². The number of aliphatic imine (C=N–C) groups is 1. The van der Waals surface area contributed by atoms with Crippen molar-refractivity contribution in [2.75, 3.05) is 40.3 Å². The molecule has 0 spiro atoms. The molecular weight excluding hydrogens is 369 g/mol. The second-order valence-electron chi connectivity index (χ2n) is 6.10. The highest BCUT2D eigenvalue weighted by molar-refractivity contribution is 6.30. The lowest BCUT2D eigenvalue weighted by Gasteiger charge is -2.39. The molecule has 1 unspecified atom stereocenters. The topological polar surface area (TPSA) is 40.1 Å². The molecule has 5 nitrogen and oxygen atoms in total. The number of nitrogens with one attached hydrogen (secondary N) is 1. The zero-order chi connectivity index (χ0) is 19.3. The van der Waals surface area contributed by atoms with Crippen molar-refractivity contribution in [1.29, 1.82) is 0 Å². The van der Waals surface area contributed by atoms with Crippen LogP contribution in [0.1, 0.15) is 12.5 Å². The predicted molar refractivity (Wildman–Crippen MR) is 96.9 cm³/mol. The molecule has 1 N–H and O–H groups in total. The Bertz CT molecular complexity index is 631. The van der Waals surface area contributed by atoms with E-state index in [0.29, 0.717) is 49.5 Å². The number of hydrogen-bond acceptors (Lipinski definition) is 3. The molecular formula is C17H24ClF3N4O. The van der Waals surface area contributed by atoms with E-state index in [9.17, 15) is 13.2 Å². The van der Waals surface area contributed by atoms with Gasteiger partial charge in [-0.1, -0.05) is 17.7 Å². The average Bonchev–Trinajstić information content (AvgIpc) is 2.62. The standard InChI is InChI=1S/C17H24ClF3N4O/c1-12(17(19,20)21)24-6-8-25(9-7-24)16(22-2)23-11-13-4-5-14(18)10-15(13)26-3/h4-5,10,12H,6-9,11H2,1-3H3,(H,22,23).